The first kappa shape index (κ1) is 89.9. The second-order valence-electron chi connectivity index (χ2n) is 30.6. The minimum absolute atomic E-state index is 0.0808. The van der Waals surface area contributed by atoms with E-state index in [0.29, 0.717) is 18.8 Å². The number of unbranched alkanes of at least 4 members (excludes halogenated alkanes) is 4. The number of carbonyl (C=O) groups is 8. The van der Waals surface area contributed by atoms with Crippen molar-refractivity contribution in [3.63, 3.8) is 0 Å². The number of hydrogen-bond donors (Lipinski definition) is 22. The Labute approximate surface area is 718 Å². The van der Waals surface area contributed by atoms with Crippen LogP contribution in [0.25, 0.3) is 11.1 Å². The number of aliphatic hydroxyl groups is 9. The van der Waals surface area contributed by atoms with Gasteiger partial charge in [0, 0.05) is 40.8 Å². The number of carboxylic acid groups (broad SMARTS) is 1. The predicted molar refractivity (Wildman–Crippen MR) is 429 cm³/mol. The second-order valence-corrected chi connectivity index (χ2v) is 32.2. The van der Waals surface area contributed by atoms with Gasteiger partial charge < -0.3 is 147 Å². The third kappa shape index (κ3) is 19.0. The smallest absolute Gasteiger partial charge is 0.330 e. The van der Waals surface area contributed by atoms with Crippen LogP contribution in [-0.2, 0) is 47.8 Å². The highest BCUT2D eigenvalue weighted by Crippen LogP contribution is 2.52. The molecule has 0 saturated carbocycles. The molecule has 8 heterocycles. The van der Waals surface area contributed by atoms with E-state index in [2.05, 4.69) is 56.4 Å². The van der Waals surface area contributed by atoms with Crippen molar-refractivity contribution in [2.75, 3.05) is 20.3 Å². The van der Waals surface area contributed by atoms with Crippen LogP contribution in [0.5, 0.6) is 69.0 Å². The lowest BCUT2D eigenvalue weighted by Gasteiger charge is -2.42. The summed E-state index contributed by atoms with van der Waals surface area (Å²) in [5.74, 6) is -20.5. The van der Waals surface area contributed by atoms with E-state index in [0.717, 1.165) is 111 Å². The lowest BCUT2D eigenvalue weighted by molar-refractivity contribution is -0.277. The largest absolute Gasteiger partial charge is 0.508 e. The molecule has 15 rings (SSSR count). The number of ether oxygens (including phenoxy) is 7. The molecule has 7 aromatic rings. The average Bonchev–Trinajstić information content (AvgIpc) is 0.763. The van der Waals surface area contributed by atoms with E-state index >= 15 is 24.0 Å². The van der Waals surface area contributed by atoms with Gasteiger partial charge in [0.25, 0.3) is 0 Å². The Balaban J connectivity index is 1.05. The number of rotatable bonds is 17. The zero-order chi connectivity index (χ0) is 88.6. The summed E-state index contributed by atoms with van der Waals surface area (Å²) < 4.78 is 44.2. The number of amides is 7. The highest BCUT2D eigenvalue weighted by Gasteiger charge is 2.50. The van der Waals surface area contributed by atoms with Gasteiger partial charge in [0.1, 0.15) is 113 Å². The monoisotopic (exact) mass is 1790 g/mol. The fourth-order valence-electron chi connectivity index (χ4n) is 15.2. The molecule has 22 N–H and O–H groups in total. The van der Waals surface area contributed by atoms with Crippen LogP contribution < -0.4 is 66.2 Å². The van der Waals surface area contributed by atoms with Crippen LogP contribution in [0.1, 0.15) is 140 Å². The van der Waals surface area contributed by atoms with Crippen molar-refractivity contribution in [3.8, 4) is 80.1 Å². The number of carboxylic acids is 1. The first-order chi connectivity index (χ1) is 58.5. The molecule has 656 valence electrons. The Hall–Kier alpha value is -10.8. The highest BCUT2D eigenvalue weighted by molar-refractivity contribution is 6.37. The summed E-state index contributed by atoms with van der Waals surface area (Å²) in [5.41, 5.74) is -4.31. The Morgan fingerprint density at radius 1 is 0.504 bits per heavy atom. The maximum Gasteiger partial charge on any atom is 0.330 e. The molecule has 37 nitrogen and oxygen atoms in total. The van der Waals surface area contributed by atoms with Gasteiger partial charge in [-0.3, -0.25) is 33.6 Å². The Kier molecular flexibility index (Phi) is 27.6. The molecule has 2 saturated heterocycles. The Bertz CT molecular complexity index is 5240. The van der Waals surface area contributed by atoms with E-state index in [-0.39, 0.29) is 23.3 Å². The summed E-state index contributed by atoms with van der Waals surface area (Å²) in [6.07, 6.45) is -18.0. The van der Waals surface area contributed by atoms with Crippen molar-refractivity contribution in [1.82, 2.24) is 42.5 Å². The summed E-state index contributed by atoms with van der Waals surface area (Å²) in [5, 5.41) is 179. The maximum absolute atomic E-state index is 16.7. The molecule has 19 unspecified atom stereocenters. The molecule has 8 aliphatic heterocycles. The van der Waals surface area contributed by atoms with Gasteiger partial charge in [-0.1, -0.05) is 111 Å². The van der Waals surface area contributed by atoms with Crippen molar-refractivity contribution >= 4 is 93.7 Å². The molecule has 17 bridgehead atoms. The number of fused-ring (bicyclic) bond motifs is 14. The van der Waals surface area contributed by atoms with Crippen LogP contribution in [0.4, 0.5) is 0 Å². The third-order valence-electron chi connectivity index (χ3n) is 21.7. The first-order valence-electron chi connectivity index (χ1n) is 38.7. The quantitative estimate of drug-likeness (QED) is 0.0549. The molecule has 41 heteroatoms. The summed E-state index contributed by atoms with van der Waals surface area (Å²) >= 11 is 28.5. The van der Waals surface area contributed by atoms with E-state index < -0.39 is 299 Å². The molecule has 19 atom stereocenters. The van der Waals surface area contributed by atoms with E-state index in [9.17, 15) is 85.9 Å². The van der Waals surface area contributed by atoms with Crippen molar-refractivity contribution in [2.24, 2.45) is 11.8 Å². The van der Waals surface area contributed by atoms with Crippen molar-refractivity contribution in [1.29, 1.82) is 0 Å². The van der Waals surface area contributed by atoms with Gasteiger partial charge in [0.15, 0.2) is 41.0 Å². The molecule has 7 amide bonds. The Morgan fingerprint density at radius 2 is 1.11 bits per heavy atom. The topological polar surface area (TPSA) is 581 Å². The van der Waals surface area contributed by atoms with Crippen molar-refractivity contribution in [3.05, 3.63) is 162 Å². The van der Waals surface area contributed by atoms with Gasteiger partial charge in [-0.15, -0.1) is 0 Å². The van der Waals surface area contributed by atoms with Crippen LogP contribution in [0.2, 0.25) is 20.1 Å². The maximum atomic E-state index is 16.7. The van der Waals surface area contributed by atoms with Gasteiger partial charge in [-0.25, -0.2) is 4.79 Å². The van der Waals surface area contributed by atoms with Crippen LogP contribution in [0.3, 0.4) is 0 Å². The van der Waals surface area contributed by atoms with Crippen LogP contribution in [0.15, 0.2) is 103 Å². The number of benzene rings is 7. The molecule has 0 aromatic heterocycles. The van der Waals surface area contributed by atoms with E-state index in [1.165, 1.54) is 25.2 Å². The van der Waals surface area contributed by atoms with Gasteiger partial charge >= 0.3 is 5.97 Å². The van der Waals surface area contributed by atoms with Gasteiger partial charge in [0.2, 0.25) is 59.7 Å². The molecule has 0 radical (unpaired) electrons. The minimum Gasteiger partial charge on any atom is -0.508 e. The third-order valence-corrected chi connectivity index (χ3v) is 23.0. The van der Waals surface area contributed by atoms with E-state index in [1.807, 2.05) is 0 Å². The second kappa shape index (κ2) is 37.7. The molecule has 0 spiro atoms. The number of aliphatic carboxylic acids is 1. The molecule has 123 heavy (non-hydrogen) atoms. The fourth-order valence-corrected chi connectivity index (χ4v) is 16.2. The van der Waals surface area contributed by atoms with Crippen molar-refractivity contribution in [2.45, 2.75) is 169 Å². The number of hydrogen-bond acceptors (Lipinski definition) is 29. The number of aromatic hydroxyl groups is 4. The Morgan fingerprint density at radius 3 is 1.78 bits per heavy atom. The van der Waals surface area contributed by atoms with Gasteiger partial charge in [-0.2, -0.15) is 0 Å². The SMILES string of the molecule is CNC1C(=O)NC2C(=O)NC(C(=O)NC3C(=O)NC4C(=O)NC(C(=O)NC(C(=O)O)c5cc(O)cc(OC6OC(CO)C(O)C(O)C6O)c5-c5cc4ccc5O)C(O)c4cc(Cl)c(c(Cl)c4)Oc4cc3cc(c4OC3OC(NC(=O)CCCCCCCC(C)C)C(O)C(O)C3CO)Oc3ccc(cc3Cl)C2O)c2cc(cc(O)c2Cl)Oc2cc1ccc2O. The fraction of sp³-hybridized carbons (Fsp3) is 0.390. The average molecular weight is 1790 g/mol. The van der Waals surface area contributed by atoms with Gasteiger partial charge in [0.05, 0.1) is 45.3 Å². The zero-order valence-corrected chi connectivity index (χ0v) is 68.1. The summed E-state index contributed by atoms with van der Waals surface area (Å²) in [4.78, 5) is 123. The molecular formula is C82H86Cl4N8O29. The minimum atomic E-state index is -2.54. The number of halogens is 4. The van der Waals surface area contributed by atoms with Crippen LogP contribution in [-0.4, -0.2) is 207 Å². The summed E-state index contributed by atoms with van der Waals surface area (Å²) in [6, 6.07) is 1.24. The zero-order valence-electron chi connectivity index (χ0n) is 65.1. The highest BCUT2D eigenvalue weighted by atomic mass is 35.5. The predicted octanol–water partition coefficient (Wildman–Crippen LogP) is 4.71. The molecule has 8 aliphatic rings. The number of carbonyl (C=O) groups excluding carboxylic acids is 7. The molecule has 7 aromatic carbocycles. The van der Waals surface area contributed by atoms with E-state index in [4.69, 9.17) is 79.6 Å². The lowest BCUT2D eigenvalue weighted by Crippen LogP contribution is -2.62. The summed E-state index contributed by atoms with van der Waals surface area (Å²) in [6.45, 7) is 2.16. The molecular weight excluding hydrogens is 1700 g/mol. The number of likely N-dealkylation sites (N-methyl/N-ethyl adjacent to an activating group) is 1. The first-order valence-corrected chi connectivity index (χ1v) is 40.3. The standard InChI is InChI=1S/C82H86Cl4N8O29/c1-30(2)9-7-5-4-6-8-10-54(101)88-79-69(107)66(104)41(28-95)81(123-79)122-72-51-22-34-23-52(72)119-71-43(84)19-35(20-44(71)85)65(103)63-78(114)92-61(80(115)116)39-24-36(97)25-50(120-82-70(108)68(106)67(105)53(29-96)121-82)55(39)38-17-31(11-14-45(38)98)58(74(110)94-63)89-75(111)59(34)90-76(112)60-40-26-37(27-47(100)56(40)86)117-49-21-32(12-15-46(49)99)57(87-3)73(109)93-62(77(113)91-60)64(102)33-13-16-48(118-51)42(83)18-33/h11-27,30,41,53,57-70,79,81-82,87,95-100,102-108H,4-10,28-29H2,1-3H3,(H,88,101)(H,89,111)(H,90,112)(H,91,113)(H,92,114)(H,93,109)(H,94,110)(H,115,116). The van der Waals surface area contributed by atoms with Crippen LogP contribution in [0, 0.1) is 11.8 Å². The summed E-state index contributed by atoms with van der Waals surface area (Å²) in [7, 11) is 1.35. The lowest BCUT2D eigenvalue weighted by atomic mass is 9.89. The molecule has 0 aliphatic carbocycles. The van der Waals surface area contributed by atoms with E-state index in [1.54, 1.807) is 0 Å². The number of phenolic OH excluding ortho intramolecular Hbond substituents is 4. The van der Waals surface area contributed by atoms with Gasteiger partial charge in [-0.05, 0) is 120 Å². The number of phenols is 4. The van der Waals surface area contributed by atoms with Crippen molar-refractivity contribution < 1.29 is 143 Å². The number of aliphatic hydroxyl groups excluding tert-OH is 9. The normalized spacial score (nSPS) is 27.0. The molecule has 2 fully saturated rings. The number of nitrogens with one attached hydrogen (secondary N) is 8. The van der Waals surface area contributed by atoms with Crippen LogP contribution >= 0.6 is 46.4 Å².